The lowest BCUT2D eigenvalue weighted by Crippen LogP contribution is -2.50. The summed E-state index contributed by atoms with van der Waals surface area (Å²) in [6.45, 7) is 9.68. The Kier molecular flexibility index (Phi) is 12.9. The fraction of sp³-hybridized carbons (Fsp3) is 0.415. The van der Waals surface area contributed by atoms with Crippen molar-refractivity contribution >= 4 is 66.7 Å². The van der Waals surface area contributed by atoms with Gasteiger partial charge in [0.1, 0.15) is 0 Å². The molecule has 0 spiro atoms. The number of aromatic nitrogens is 4. The molecule has 1 fully saturated rings. The number of benzene rings is 2. The van der Waals surface area contributed by atoms with Crippen molar-refractivity contribution in [3.05, 3.63) is 75.5 Å². The van der Waals surface area contributed by atoms with Crippen LogP contribution in [0.1, 0.15) is 58.2 Å². The second-order valence-electron chi connectivity index (χ2n) is 14.2. The number of amides is 1. The maximum Gasteiger partial charge on any atom is 0.355 e. The summed E-state index contributed by atoms with van der Waals surface area (Å²) in [6, 6.07) is 12.6. The molecule has 1 saturated heterocycles. The van der Waals surface area contributed by atoms with Crippen molar-refractivity contribution in [3.63, 3.8) is 0 Å². The van der Waals surface area contributed by atoms with E-state index in [1.165, 1.54) is 17.4 Å². The maximum atomic E-state index is 15.0. The number of carboxylic acid groups (broad SMARTS) is 1. The van der Waals surface area contributed by atoms with Gasteiger partial charge in [0, 0.05) is 54.3 Å². The zero-order chi connectivity index (χ0) is 39.9. The van der Waals surface area contributed by atoms with Crippen molar-refractivity contribution in [3.8, 4) is 17.6 Å². The minimum absolute atomic E-state index is 0.000598. The SMILES string of the molecule is CCCN(C)CC(=O)N1CCN(CC#Cc2ccc(OCCCc3sc(N4CCCc5c4nnc(Nc4nc6ccccc6s4)c5C)nc3C(=O)O)c(F)c2)CC1. The quantitative estimate of drug-likeness (QED) is 0.0953. The molecule has 16 heteroatoms. The number of likely N-dealkylation sites (N-methyl/N-ethyl adjacent to an activating group) is 1. The topological polar surface area (TPSA) is 140 Å². The van der Waals surface area contributed by atoms with Crippen LogP contribution < -0.4 is 15.0 Å². The number of carbonyl (C=O) groups excluding carboxylic acids is 1. The molecule has 0 radical (unpaired) electrons. The number of rotatable bonds is 14. The third-order valence-electron chi connectivity index (χ3n) is 10.0. The minimum atomic E-state index is -1.10. The van der Waals surface area contributed by atoms with Crippen molar-refractivity contribution in [2.24, 2.45) is 0 Å². The molecule has 57 heavy (non-hydrogen) atoms. The first-order chi connectivity index (χ1) is 27.7. The Morgan fingerprint density at radius 3 is 2.67 bits per heavy atom. The average molecular weight is 812 g/mol. The Morgan fingerprint density at radius 1 is 1.07 bits per heavy atom. The first-order valence-corrected chi connectivity index (χ1v) is 20.9. The molecule has 298 valence electrons. The minimum Gasteiger partial charge on any atom is -0.491 e. The molecule has 5 heterocycles. The van der Waals surface area contributed by atoms with Crippen LogP contribution in [0.5, 0.6) is 5.75 Å². The van der Waals surface area contributed by atoms with Crippen LogP contribution in [0.3, 0.4) is 0 Å². The van der Waals surface area contributed by atoms with E-state index in [9.17, 15) is 19.1 Å². The number of carbonyl (C=O) groups is 2. The zero-order valence-corrected chi connectivity index (χ0v) is 34.0. The molecule has 13 nitrogen and oxygen atoms in total. The smallest absolute Gasteiger partial charge is 0.355 e. The molecule has 0 aliphatic carbocycles. The van der Waals surface area contributed by atoms with Crippen molar-refractivity contribution in [2.45, 2.75) is 46.0 Å². The summed E-state index contributed by atoms with van der Waals surface area (Å²) in [6.07, 6.45) is 3.54. The van der Waals surface area contributed by atoms with Gasteiger partial charge in [-0.1, -0.05) is 42.2 Å². The number of ether oxygens (including phenoxy) is 1. The van der Waals surface area contributed by atoms with E-state index in [0.717, 1.165) is 65.4 Å². The number of nitrogens with zero attached hydrogens (tertiary/aromatic N) is 8. The van der Waals surface area contributed by atoms with E-state index in [1.54, 1.807) is 23.5 Å². The molecule has 2 aliphatic heterocycles. The number of hydrogen-bond acceptors (Lipinski definition) is 13. The van der Waals surface area contributed by atoms with Crippen LogP contribution in [-0.4, -0.2) is 118 Å². The molecule has 2 aromatic carbocycles. The summed E-state index contributed by atoms with van der Waals surface area (Å²) >= 11 is 2.87. The van der Waals surface area contributed by atoms with Gasteiger partial charge in [0.2, 0.25) is 5.91 Å². The lowest BCUT2D eigenvalue weighted by Gasteiger charge is -2.34. The van der Waals surface area contributed by atoms with E-state index in [-0.39, 0.29) is 24.0 Å². The lowest BCUT2D eigenvalue weighted by molar-refractivity contribution is -0.133. The first-order valence-electron chi connectivity index (χ1n) is 19.3. The number of carboxylic acids is 1. The van der Waals surface area contributed by atoms with Crippen LogP contribution in [0.2, 0.25) is 0 Å². The molecule has 0 bridgehead atoms. The molecule has 0 saturated carbocycles. The largest absolute Gasteiger partial charge is 0.491 e. The first kappa shape index (κ1) is 40.0. The number of aromatic carboxylic acids is 1. The Hall–Kier alpha value is -5.21. The number of aryl methyl sites for hydroxylation is 1. The Balaban J connectivity index is 0.912. The molecule has 0 unspecified atom stereocenters. The van der Waals surface area contributed by atoms with Gasteiger partial charge in [0.15, 0.2) is 39.2 Å². The highest BCUT2D eigenvalue weighted by Crippen LogP contribution is 2.39. The van der Waals surface area contributed by atoms with E-state index in [2.05, 4.69) is 54.0 Å². The molecule has 2 N–H and O–H groups in total. The van der Waals surface area contributed by atoms with Crippen molar-refractivity contribution in [1.29, 1.82) is 0 Å². The summed E-state index contributed by atoms with van der Waals surface area (Å²) in [7, 11) is 1.97. The van der Waals surface area contributed by atoms with Gasteiger partial charge in [-0.25, -0.2) is 19.2 Å². The monoisotopic (exact) mass is 811 g/mol. The van der Waals surface area contributed by atoms with E-state index < -0.39 is 11.8 Å². The van der Waals surface area contributed by atoms with Crippen molar-refractivity contribution < 1.29 is 23.8 Å². The number of para-hydroxylation sites is 1. The van der Waals surface area contributed by atoms with Gasteiger partial charge in [-0.3, -0.25) is 14.6 Å². The molecule has 7 rings (SSSR count). The highest BCUT2D eigenvalue weighted by atomic mass is 32.1. The highest BCUT2D eigenvalue weighted by molar-refractivity contribution is 7.22. The molecule has 2 aliphatic rings. The number of thiazole rings is 2. The Bertz CT molecular complexity index is 2260. The van der Waals surface area contributed by atoms with Gasteiger partial charge in [0.25, 0.3) is 0 Å². The summed E-state index contributed by atoms with van der Waals surface area (Å²) < 4.78 is 21.8. The fourth-order valence-corrected chi connectivity index (χ4v) is 9.00. The number of piperazine rings is 1. The molecule has 1 amide bonds. The van der Waals surface area contributed by atoms with Gasteiger partial charge in [-0.05, 0) is 83.0 Å². The van der Waals surface area contributed by atoms with Crippen molar-refractivity contribution in [2.75, 3.05) is 76.2 Å². The van der Waals surface area contributed by atoms with E-state index in [4.69, 9.17) is 4.74 Å². The van der Waals surface area contributed by atoms with Crippen LogP contribution in [0.15, 0.2) is 42.5 Å². The fourth-order valence-electron chi connectivity index (χ4n) is 7.01. The number of anilines is 4. The lowest BCUT2D eigenvalue weighted by atomic mass is 10.0. The van der Waals surface area contributed by atoms with Gasteiger partial charge in [-0.15, -0.1) is 21.5 Å². The molecule has 0 atom stereocenters. The predicted molar refractivity (Wildman–Crippen MR) is 222 cm³/mol. The average Bonchev–Trinajstić information content (AvgIpc) is 3.83. The molecular weight excluding hydrogens is 766 g/mol. The summed E-state index contributed by atoms with van der Waals surface area (Å²) in [5.41, 5.74) is 3.47. The Morgan fingerprint density at radius 2 is 1.89 bits per heavy atom. The van der Waals surface area contributed by atoms with Crippen molar-refractivity contribution in [1.82, 2.24) is 34.9 Å². The van der Waals surface area contributed by atoms with Crippen LogP contribution in [0.25, 0.3) is 10.2 Å². The molecule has 5 aromatic rings. The molecule has 3 aromatic heterocycles. The standard InChI is InChI=1S/C41H46FN9O4S2/c1-4-17-48(3)26-35(52)50-22-20-49(21-23-50)18-7-10-28-15-16-32(30(42)25-28)55-24-9-14-34-36(39(53)54)44-41(57-34)51-19-8-11-29-27(2)37(46-47-38(29)51)45-40-43-31-12-5-6-13-33(31)56-40/h5-6,12-13,15-16,25H,4,8-9,11,14,17-24,26H2,1-3H3,(H,53,54)(H,43,45,46). The summed E-state index contributed by atoms with van der Waals surface area (Å²) in [4.78, 5) is 42.7. The summed E-state index contributed by atoms with van der Waals surface area (Å²) in [5, 5.41) is 23.7. The third-order valence-corrected chi connectivity index (χ3v) is 12.1. The van der Waals surface area contributed by atoms with E-state index >= 15 is 0 Å². The third kappa shape index (κ3) is 9.67. The second-order valence-corrected chi connectivity index (χ2v) is 16.3. The van der Waals surface area contributed by atoms with Gasteiger partial charge in [-0.2, -0.15) is 0 Å². The van der Waals surface area contributed by atoms with Crippen LogP contribution in [0.4, 0.5) is 26.3 Å². The van der Waals surface area contributed by atoms with Gasteiger partial charge >= 0.3 is 5.97 Å². The molecular formula is C41H46FN9O4S2. The van der Waals surface area contributed by atoms with E-state index in [0.29, 0.717) is 72.8 Å². The van der Waals surface area contributed by atoms with Crippen LogP contribution in [-0.2, 0) is 17.6 Å². The maximum absolute atomic E-state index is 15.0. The van der Waals surface area contributed by atoms with Gasteiger partial charge in [0.05, 0.1) is 29.9 Å². The van der Waals surface area contributed by atoms with Gasteiger partial charge < -0.3 is 25.0 Å². The second kappa shape index (κ2) is 18.4. The van der Waals surface area contributed by atoms with Crippen LogP contribution >= 0.6 is 22.7 Å². The number of fused-ring (bicyclic) bond motifs is 2. The van der Waals surface area contributed by atoms with E-state index in [1.807, 2.05) is 48.0 Å². The number of nitrogens with one attached hydrogen (secondary N) is 1. The number of hydrogen-bond donors (Lipinski definition) is 2. The normalized spacial score (nSPS) is 14.4. The number of halogens is 1. The zero-order valence-electron chi connectivity index (χ0n) is 32.4. The predicted octanol–water partition coefficient (Wildman–Crippen LogP) is 6.37. The summed E-state index contributed by atoms with van der Waals surface area (Å²) in [5.74, 6) is 6.16. The van der Waals surface area contributed by atoms with Crippen LogP contribution in [0, 0.1) is 24.6 Å². The highest BCUT2D eigenvalue weighted by Gasteiger charge is 2.29. The Labute approximate surface area is 339 Å².